The molecule has 0 aliphatic rings. The predicted molar refractivity (Wildman–Crippen MR) is 186 cm³/mol. The largest absolute Gasteiger partial charge is 0.437 e. The van der Waals surface area contributed by atoms with E-state index in [2.05, 4.69) is 152 Å². The van der Waals surface area contributed by atoms with E-state index < -0.39 is 0 Å². The summed E-state index contributed by atoms with van der Waals surface area (Å²) in [6.45, 7) is 0. The summed E-state index contributed by atoms with van der Waals surface area (Å²) >= 11 is 0. The maximum Gasteiger partial charge on any atom is 0.231 e. The van der Waals surface area contributed by atoms with Crippen LogP contribution in [0.2, 0.25) is 0 Å². The summed E-state index contributed by atoms with van der Waals surface area (Å²) in [5.74, 6) is 0.634. The van der Waals surface area contributed by atoms with Crippen molar-refractivity contribution in [2.75, 3.05) is 0 Å². The topological polar surface area (TPSA) is 38.9 Å². The molecule has 0 fully saturated rings. The normalized spacial score (nSPS) is 11.6. The molecule has 0 N–H and O–H groups in total. The van der Waals surface area contributed by atoms with Crippen LogP contribution in [0, 0.1) is 0 Å². The van der Waals surface area contributed by atoms with Gasteiger partial charge in [-0.25, -0.2) is 4.98 Å². The van der Waals surface area contributed by atoms with Crippen LogP contribution in [0.15, 0.2) is 162 Å². The first-order chi connectivity index (χ1) is 22.3. The second kappa shape index (κ2) is 10.3. The highest BCUT2D eigenvalue weighted by Gasteiger charge is 2.21. The molecule has 0 saturated carbocycles. The second-order valence-corrected chi connectivity index (χ2v) is 11.4. The van der Waals surface area contributed by atoms with Gasteiger partial charge in [-0.15, -0.1) is 0 Å². The summed E-state index contributed by atoms with van der Waals surface area (Å²) < 4.78 is 6.63. The van der Waals surface area contributed by atoms with E-state index >= 15 is 0 Å². The molecule has 3 nitrogen and oxygen atoms in total. The van der Waals surface area contributed by atoms with Crippen LogP contribution in [0.25, 0.3) is 88.5 Å². The van der Waals surface area contributed by atoms with Crippen molar-refractivity contribution < 1.29 is 4.42 Å². The van der Waals surface area contributed by atoms with Gasteiger partial charge in [0.05, 0.1) is 11.1 Å². The minimum Gasteiger partial charge on any atom is -0.437 e. The fraction of sp³-hybridized carbons (Fsp3) is 0. The van der Waals surface area contributed by atoms with Crippen molar-refractivity contribution in [3.63, 3.8) is 0 Å². The van der Waals surface area contributed by atoms with Crippen molar-refractivity contribution in [2.24, 2.45) is 0 Å². The van der Waals surface area contributed by atoms with Crippen LogP contribution < -0.4 is 0 Å². The summed E-state index contributed by atoms with van der Waals surface area (Å²) in [6.07, 6.45) is 0. The van der Waals surface area contributed by atoms with Gasteiger partial charge in [-0.2, -0.15) is 4.98 Å². The fourth-order valence-corrected chi connectivity index (χ4v) is 6.51. The Hall–Kier alpha value is -6.06. The summed E-state index contributed by atoms with van der Waals surface area (Å²) in [4.78, 5) is 10.4. The van der Waals surface area contributed by atoms with Crippen LogP contribution in [0.3, 0.4) is 0 Å². The number of benzene rings is 7. The molecule has 0 bridgehead atoms. The Morgan fingerprint density at radius 2 is 0.978 bits per heavy atom. The first-order valence-corrected chi connectivity index (χ1v) is 15.2. The molecule has 9 rings (SSSR count). The van der Waals surface area contributed by atoms with Crippen molar-refractivity contribution in [3.05, 3.63) is 158 Å². The molecule has 0 unspecified atom stereocenters. The third-order valence-corrected chi connectivity index (χ3v) is 8.69. The molecule has 2 heterocycles. The number of furan rings is 1. The van der Waals surface area contributed by atoms with Crippen LogP contribution in [-0.2, 0) is 0 Å². The van der Waals surface area contributed by atoms with Crippen molar-refractivity contribution in [2.45, 2.75) is 0 Å². The second-order valence-electron chi connectivity index (χ2n) is 11.4. The van der Waals surface area contributed by atoms with Gasteiger partial charge in [-0.3, -0.25) is 0 Å². The SMILES string of the molecule is c1ccc(-c2cccc(-c3cccc(-c4nc(-c5cccc6ccccc56)c5c(n4)oc4c6ccccc6ccc45)c3)c2)cc1. The van der Waals surface area contributed by atoms with Crippen LogP contribution in [0.5, 0.6) is 0 Å². The zero-order chi connectivity index (χ0) is 29.7. The van der Waals surface area contributed by atoms with E-state index in [1.54, 1.807) is 0 Å². The van der Waals surface area contributed by atoms with Gasteiger partial charge >= 0.3 is 0 Å². The van der Waals surface area contributed by atoms with Crippen molar-refractivity contribution in [1.82, 2.24) is 9.97 Å². The molecule has 7 aromatic carbocycles. The van der Waals surface area contributed by atoms with Crippen molar-refractivity contribution in [3.8, 4) is 44.9 Å². The fourth-order valence-electron chi connectivity index (χ4n) is 6.51. The first-order valence-electron chi connectivity index (χ1n) is 15.2. The number of rotatable bonds is 4. The average Bonchev–Trinajstić information content (AvgIpc) is 3.51. The highest BCUT2D eigenvalue weighted by Crippen LogP contribution is 2.41. The lowest BCUT2D eigenvalue weighted by molar-refractivity contribution is 0.657. The van der Waals surface area contributed by atoms with E-state index in [1.165, 1.54) is 16.5 Å². The van der Waals surface area contributed by atoms with Crippen LogP contribution in [0.1, 0.15) is 0 Å². The van der Waals surface area contributed by atoms with Gasteiger partial charge in [-0.1, -0.05) is 140 Å². The van der Waals surface area contributed by atoms with Gasteiger partial charge in [0, 0.05) is 21.9 Å². The monoisotopic (exact) mass is 574 g/mol. The number of nitrogens with zero attached hydrogens (tertiary/aromatic N) is 2. The molecular weight excluding hydrogens is 548 g/mol. The van der Waals surface area contributed by atoms with Crippen LogP contribution in [-0.4, -0.2) is 9.97 Å². The molecule has 0 spiro atoms. The van der Waals surface area contributed by atoms with E-state index in [-0.39, 0.29) is 0 Å². The molecule has 45 heavy (non-hydrogen) atoms. The van der Waals surface area contributed by atoms with Gasteiger partial charge in [0.2, 0.25) is 5.71 Å². The molecule has 0 radical (unpaired) electrons. The molecule has 0 saturated heterocycles. The Bertz CT molecular complexity index is 2540. The number of aromatic nitrogens is 2. The van der Waals surface area contributed by atoms with Gasteiger partial charge in [0.1, 0.15) is 5.58 Å². The quantitative estimate of drug-likeness (QED) is 0.210. The Morgan fingerprint density at radius 3 is 1.78 bits per heavy atom. The molecule has 9 aromatic rings. The Balaban J connectivity index is 1.28. The van der Waals surface area contributed by atoms with Gasteiger partial charge in [0.25, 0.3) is 0 Å². The lowest BCUT2D eigenvalue weighted by Gasteiger charge is -2.11. The van der Waals surface area contributed by atoms with Gasteiger partial charge < -0.3 is 4.42 Å². The van der Waals surface area contributed by atoms with Crippen molar-refractivity contribution in [1.29, 1.82) is 0 Å². The molecule has 3 heteroatoms. The highest BCUT2D eigenvalue weighted by molar-refractivity contribution is 6.19. The van der Waals surface area contributed by atoms with Gasteiger partial charge in [0.15, 0.2) is 5.82 Å². The van der Waals surface area contributed by atoms with E-state index in [0.717, 1.165) is 60.5 Å². The number of hydrogen-bond acceptors (Lipinski definition) is 3. The van der Waals surface area contributed by atoms with Crippen LogP contribution in [0.4, 0.5) is 0 Å². The lowest BCUT2D eigenvalue weighted by atomic mass is 9.97. The average molecular weight is 575 g/mol. The maximum absolute atomic E-state index is 6.63. The minimum absolute atomic E-state index is 0.589. The summed E-state index contributed by atoms with van der Waals surface area (Å²) in [7, 11) is 0. The van der Waals surface area contributed by atoms with Gasteiger partial charge in [-0.05, 0) is 56.6 Å². The lowest BCUT2D eigenvalue weighted by Crippen LogP contribution is -1.95. The zero-order valence-electron chi connectivity index (χ0n) is 24.3. The highest BCUT2D eigenvalue weighted by atomic mass is 16.3. The molecule has 0 aliphatic carbocycles. The Morgan fingerprint density at radius 1 is 0.400 bits per heavy atom. The summed E-state index contributed by atoms with van der Waals surface area (Å²) in [5.41, 5.74) is 8.92. The third kappa shape index (κ3) is 4.29. The number of fused-ring (bicyclic) bond motifs is 6. The predicted octanol–water partition coefficient (Wildman–Crippen LogP) is 11.4. The summed E-state index contributed by atoms with van der Waals surface area (Å²) in [5, 5.41) is 6.47. The maximum atomic E-state index is 6.63. The molecule has 0 amide bonds. The minimum atomic E-state index is 0.589. The molecule has 210 valence electrons. The van der Waals surface area contributed by atoms with Crippen LogP contribution >= 0.6 is 0 Å². The molecule has 2 aromatic heterocycles. The Labute approximate surface area is 260 Å². The number of hydrogen-bond donors (Lipinski definition) is 0. The smallest absolute Gasteiger partial charge is 0.231 e. The standard InChI is InChI=1S/C42H26N2O/c1-2-11-27(12-3-1)30-16-8-17-31(25-30)32-18-9-19-33(26-32)41-43-39(36-22-10-15-28-13-4-6-20-34(28)36)38-37-24-23-29-14-5-7-21-35(29)40(37)45-42(38)44-41/h1-26H. The molecule has 0 aliphatic heterocycles. The zero-order valence-corrected chi connectivity index (χ0v) is 24.3. The molecular formula is C42H26N2O. The third-order valence-electron chi connectivity index (χ3n) is 8.69. The summed E-state index contributed by atoms with van der Waals surface area (Å²) in [6, 6.07) is 55.1. The molecule has 0 atom stereocenters. The van der Waals surface area contributed by atoms with E-state index in [4.69, 9.17) is 14.4 Å². The first kappa shape index (κ1) is 25.4. The van der Waals surface area contributed by atoms with E-state index in [9.17, 15) is 0 Å². The van der Waals surface area contributed by atoms with E-state index in [1.807, 2.05) is 6.07 Å². The van der Waals surface area contributed by atoms with E-state index in [0.29, 0.717) is 11.5 Å². The Kier molecular flexibility index (Phi) is 5.82. The van der Waals surface area contributed by atoms with Crippen molar-refractivity contribution >= 4 is 43.6 Å².